The second-order valence-electron chi connectivity index (χ2n) is 8.52. The summed E-state index contributed by atoms with van der Waals surface area (Å²) in [6, 6.07) is 17.7. The number of carbonyl (C=O) groups excluding carboxylic acids is 2. The van der Waals surface area contributed by atoms with Gasteiger partial charge in [0.2, 0.25) is 11.8 Å². The fraction of sp³-hybridized carbons (Fsp3) is 0.320. The molecule has 7 heteroatoms. The number of likely N-dealkylation sites (tertiary alicyclic amines) is 1. The summed E-state index contributed by atoms with van der Waals surface area (Å²) in [6.07, 6.45) is 0.958. The van der Waals surface area contributed by atoms with Gasteiger partial charge in [-0.3, -0.25) is 19.8 Å². The van der Waals surface area contributed by atoms with E-state index in [9.17, 15) is 9.59 Å². The van der Waals surface area contributed by atoms with E-state index in [-0.39, 0.29) is 12.3 Å². The average molecular weight is 434 g/mol. The SMILES string of the molecule is Cc1cc(COc2ccc(CC3(CC(=O)NO)CCN(C)C3=O)cc2)c2ccccc2n1. The molecule has 4 rings (SSSR count). The molecule has 0 saturated carbocycles. The Labute approximate surface area is 187 Å². The number of hydrogen-bond donors (Lipinski definition) is 2. The highest BCUT2D eigenvalue weighted by Crippen LogP contribution is 2.38. The molecule has 32 heavy (non-hydrogen) atoms. The number of nitrogens with one attached hydrogen (secondary N) is 1. The number of ether oxygens (including phenoxy) is 1. The number of aromatic nitrogens is 1. The number of fused-ring (bicyclic) bond motifs is 1. The molecule has 2 amide bonds. The number of benzene rings is 2. The van der Waals surface area contributed by atoms with Gasteiger partial charge in [-0.2, -0.15) is 0 Å². The number of pyridine rings is 1. The Morgan fingerprint density at radius 3 is 2.66 bits per heavy atom. The van der Waals surface area contributed by atoms with E-state index in [0.29, 0.717) is 26.0 Å². The van der Waals surface area contributed by atoms with Crippen molar-refractivity contribution in [3.05, 3.63) is 71.4 Å². The number of nitrogens with zero attached hydrogens (tertiary/aromatic N) is 2. The molecule has 0 bridgehead atoms. The number of aryl methyl sites for hydroxylation is 1. The minimum Gasteiger partial charge on any atom is -0.489 e. The smallest absolute Gasteiger partial charge is 0.244 e. The maximum absolute atomic E-state index is 12.8. The summed E-state index contributed by atoms with van der Waals surface area (Å²) in [5, 5.41) is 10.0. The van der Waals surface area contributed by atoms with Crippen LogP contribution in [0.15, 0.2) is 54.6 Å². The summed E-state index contributed by atoms with van der Waals surface area (Å²) < 4.78 is 6.03. The van der Waals surface area contributed by atoms with E-state index in [4.69, 9.17) is 9.94 Å². The predicted octanol–water partition coefficient (Wildman–Crippen LogP) is 3.41. The summed E-state index contributed by atoms with van der Waals surface area (Å²) in [5.41, 5.74) is 4.74. The number of amides is 2. The lowest BCUT2D eigenvalue weighted by Crippen LogP contribution is -2.38. The highest BCUT2D eigenvalue weighted by atomic mass is 16.5. The molecule has 1 aromatic heterocycles. The molecule has 0 spiro atoms. The van der Waals surface area contributed by atoms with Crippen molar-refractivity contribution >= 4 is 22.7 Å². The van der Waals surface area contributed by atoms with E-state index in [1.165, 1.54) is 0 Å². The van der Waals surface area contributed by atoms with Gasteiger partial charge in [0.15, 0.2) is 0 Å². The minimum atomic E-state index is -0.836. The first kappa shape index (κ1) is 21.8. The van der Waals surface area contributed by atoms with Crippen LogP contribution in [-0.4, -0.2) is 40.5 Å². The van der Waals surface area contributed by atoms with E-state index in [0.717, 1.165) is 33.5 Å². The summed E-state index contributed by atoms with van der Waals surface area (Å²) in [6.45, 7) is 2.99. The van der Waals surface area contributed by atoms with Crippen LogP contribution in [0.25, 0.3) is 10.9 Å². The second kappa shape index (κ2) is 8.96. The van der Waals surface area contributed by atoms with Crippen LogP contribution in [-0.2, 0) is 22.6 Å². The van der Waals surface area contributed by atoms with Gasteiger partial charge in [0.25, 0.3) is 0 Å². The Hall–Kier alpha value is -3.45. The normalized spacial score (nSPS) is 18.2. The van der Waals surface area contributed by atoms with Crippen molar-refractivity contribution in [1.29, 1.82) is 0 Å². The molecule has 3 aromatic rings. The summed E-state index contributed by atoms with van der Waals surface area (Å²) >= 11 is 0. The fourth-order valence-corrected chi connectivity index (χ4v) is 4.50. The minimum absolute atomic E-state index is 0.0423. The van der Waals surface area contributed by atoms with Crippen LogP contribution in [0.3, 0.4) is 0 Å². The van der Waals surface area contributed by atoms with Gasteiger partial charge >= 0.3 is 0 Å². The quantitative estimate of drug-likeness (QED) is 0.440. The molecule has 166 valence electrons. The average Bonchev–Trinajstić information content (AvgIpc) is 3.06. The van der Waals surface area contributed by atoms with Gasteiger partial charge in [0, 0.05) is 36.7 Å². The van der Waals surface area contributed by atoms with Crippen LogP contribution in [0.2, 0.25) is 0 Å². The van der Waals surface area contributed by atoms with Gasteiger partial charge in [-0.15, -0.1) is 0 Å². The fourth-order valence-electron chi connectivity index (χ4n) is 4.50. The van der Waals surface area contributed by atoms with Crippen LogP contribution >= 0.6 is 0 Å². The van der Waals surface area contributed by atoms with Crippen LogP contribution in [0.4, 0.5) is 0 Å². The van der Waals surface area contributed by atoms with E-state index in [2.05, 4.69) is 4.98 Å². The van der Waals surface area contributed by atoms with Gasteiger partial charge in [-0.25, -0.2) is 5.48 Å². The molecule has 1 saturated heterocycles. The lowest BCUT2D eigenvalue weighted by molar-refractivity contribution is -0.141. The summed E-state index contributed by atoms with van der Waals surface area (Å²) in [7, 11) is 1.74. The molecule has 2 heterocycles. The van der Waals surface area contributed by atoms with E-state index in [1.807, 2.05) is 61.5 Å². The number of carbonyl (C=O) groups is 2. The van der Waals surface area contributed by atoms with Gasteiger partial charge in [0.05, 0.1) is 10.9 Å². The molecule has 1 unspecified atom stereocenters. The summed E-state index contributed by atoms with van der Waals surface area (Å²) in [4.78, 5) is 30.8. The molecule has 1 aliphatic rings. The highest BCUT2D eigenvalue weighted by molar-refractivity contribution is 5.90. The predicted molar refractivity (Wildman–Crippen MR) is 120 cm³/mol. The first-order valence-corrected chi connectivity index (χ1v) is 10.7. The van der Waals surface area contributed by atoms with E-state index < -0.39 is 11.3 Å². The van der Waals surface area contributed by atoms with Crippen molar-refractivity contribution in [3.8, 4) is 5.75 Å². The highest BCUT2D eigenvalue weighted by Gasteiger charge is 2.46. The first-order chi connectivity index (χ1) is 15.4. The van der Waals surface area contributed by atoms with Gasteiger partial charge in [-0.05, 0) is 49.6 Å². The Bertz CT molecular complexity index is 1150. The van der Waals surface area contributed by atoms with Gasteiger partial charge in [-0.1, -0.05) is 30.3 Å². The zero-order chi connectivity index (χ0) is 22.7. The molecule has 1 atom stereocenters. The molecule has 1 fully saturated rings. The number of hydrogen-bond acceptors (Lipinski definition) is 5. The molecule has 2 N–H and O–H groups in total. The number of hydroxylamine groups is 1. The lowest BCUT2D eigenvalue weighted by Gasteiger charge is -2.26. The number of rotatable bonds is 7. The standard InChI is InChI=1S/C25H27N3O4/c1-17-13-19(21-5-3-4-6-22(21)26-17)16-32-20-9-7-18(8-10-20)14-25(15-23(29)27-31)11-12-28(2)24(25)30/h3-10,13,31H,11-12,14-16H2,1-2H3,(H,27,29). The third kappa shape index (κ3) is 4.43. The maximum Gasteiger partial charge on any atom is 0.244 e. The lowest BCUT2D eigenvalue weighted by atomic mass is 9.77. The molecule has 7 nitrogen and oxygen atoms in total. The van der Waals surface area contributed by atoms with Crippen molar-refractivity contribution in [1.82, 2.24) is 15.4 Å². The van der Waals surface area contributed by atoms with Crippen molar-refractivity contribution in [2.45, 2.75) is 32.8 Å². The Kier molecular flexibility index (Phi) is 6.10. The van der Waals surface area contributed by atoms with E-state index in [1.54, 1.807) is 17.4 Å². The molecule has 0 aliphatic carbocycles. The molecule has 1 aliphatic heterocycles. The third-order valence-corrected chi connectivity index (χ3v) is 6.14. The van der Waals surface area contributed by atoms with Crippen LogP contribution in [0, 0.1) is 12.3 Å². The Morgan fingerprint density at radius 2 is 1.97 bits per heavy atom. The number of para-hydroxylation sites is 1. The van der Waals surface area contributed by atoms with Crippen molar-refractivity contribution in [2.75, 3.05) is 13.6 Å². The molecule has 0 radical (unpaired) electrons. The first-order valence-electron chi connectivity index (χ1n) is 10.7. The zero-order valence-corrected chi connectivity index (χ0v) is 18.3. The maximum atomic E-state index is 12.8. The third-order valence-electron chi connectivity index (χ3n) is 6.14. The van der Waals surface area contributed by atoms with Gasteiger partial charge < -0.3 is 9.64 Å². The molecular formula is C25H27N3O4. The van der Waals surface area contributed by atoms with E-state index >= 15 is 0 Å². The Balaban J connectivity index is 1.48. The molecular weight excluding hydrogens is 406 g/mol. The largest absolute Gasteiger partial charge is 0.489 e. The van der Waals surface area contributed by atoms with Crippen LogP contribution < -0.4 is 10.2 Å². The van der Waals surface area contributed by atoms with Crippen LogP contribution in [0.5, 0.6) is 5.75 Å². The van der Waals surface area contributed by atoms with Crippen molar-refractivity contribution < 1.29 is 19.5 Å². The second-order valence-corrected chi connectivity index (χ2v) is 8.52. The van der Waals surface area contributed by atoms with Crippen molar-refractivity contribution in [2.24, 2.45) is 5.41 Å². The molecule has 2 aromatic carbocycles. The topological polar surface area (TPSA) is 91.8 Å². The summed E-state index contributed by atoms with van der Waals surface area (Å²) in [5.74, 6) is 0.110. The van der Waals surface area contributed by atoms with Crippen LogP contribution in [0.1, 0.15) is 29.7 Å². The monoisotopic (exact) mass is 433 g/mol. The zero-order valence-electron chi connectivity index (χ0n) is 18.3. The van der Waals surface area contributed by atoms with Gasteiger partial charge in [0.1, 0.15) is 12.4 Å². The Morgan fingerprint density at radius 1 is 1.22 bits per heavy atom. The van der Waals surface area contributed by atoms with Crippen molar-refractivity contribution in [3.63, 3.8) is 0 Å².